The summed E-state index contributed by atoms with van der Waals surface area (Å²) >= 11 is 0.927. The second kappa shape index (κ2) is 6.43. The molecule has 8 nitrogen and oxygen atoms in total. The van der Waals surface area contributed by atoms with E-state index in [-0.39, 0.29) is 23.6 Å². The number of nitrogens with two attached hydrogens (primary N) is 1. The van der Waals surface area contributed by atoms with Gasteiger partial charge >= 0.3 is 0 Å². The van der Waals surface area contributed by atoms with E-state index < -0.39 is 22.5 Å². The molecule has 2 aromatic rings. The van der Waals surface area contributed by atoms with Gasteiger partial charge in [-0.05, 0) is 12.1 Å². The number of ether oxygens (including phenoxy) is 1. The third-order valence-corrected chi connectivity index (χ3v) is 5.16. The zero-order valence-corrected chi connectivity index (χ0v) is 12.9. The summed E-state index contributed by atoms with van der Waals surface area (Å²) in [5.41, 5.74) is 5.90. The second-order valence-electron chi connectivity index (χ2n) is 4.19. The summed E-state index contributed by atoms with van der Waals surface area (Å²) in [7, 11) is -2.46. The molecule has 2 rings (SSSR count). The summed E-state index contributed by atoms with van der Waals surface area (Å²) < 4.78 is 39.2. The number of hydrogen-bond acceptors (Lipinski definition) is 7. The van der Waals surface area contributed by atoms with Gasteiger partial charge in [-0.25, -0.2) is 8.42 Å². The Morgan fingerprint density at radius 3 is 2.86 bits per heavy atom. The molecule has 10 heteroatoms. The van der Waals surface area contributed by atoms with Crippen molar-refractivity contribution in [3.63, 3.8) is 0 Å². The molecule has 0 radical (unpaired) electrons. The molecular formula is C11H14N4O4S2. The van der Waals surface area contributed by atoms with E-state index in [0.29, 0.717) is 5.52 Å². The van der Waals surface area contributed by atoms with Gasteiger partial charge in [0.1, 0.15) is 15.9 Å². The van der Waals surface area contributed by atoms with Gasteiger partial charge < -0.3 is 10.5 Å². The molecule has 0 bridgehead atoms. The highest BCUT2D eigenvalue weighted by atomic mass is 32.2. The predicted octanol–water partition coefficient (Wildman–Crippen LogP) is -0.186. The van der Waals surface area contributed by atoms with E-state index in [4.69, 9.17) is 10.5 Å². The number of nitrogens with zero attached hydrogens (tertiary/aromatic N) is 3. The fraction of sp³-hybridized carbons (Fsp3) is 0.364. The number of rotatable bonds is 7. The number of benzene rings is 1. The van der Waals surface area contributed by atoms with Gasteiger partial charge in [0.05, 0.1) is 24.9 Å². The van der Waals surface area contributed by atoms with Crippen LogP contribution >= 0.6 is 11.7 Å². The fourth-order valence-corrected chi connectivity index (χ4v) is 3.92. The predicted molar refractivity (Wildman–Crippen MR) is 77.2 cm³/mol. The lowest BCUT2D eigenvalue weighted by Gasteiger charge is -2.20. The minimum Gasteiger partial charge on any atom is -0.383 e. The van der Waals surface area contributed by atoms with E-state index in [2.05, 4.69) is 8.75 Å². The standard InChI is InChI=1S/C11H14N4O4S2/c1-19-6-5-15(7-10(12)16)21(17,18)9-4-2-3-8-11(9)14-20-13-8/h2-4H,5-7H2,1H3,(H2,12,16). The Hall–Kier alpha value is -1.62. The highest BCUT2D eigenvalue weighted by Gasteiger charge is 2.28. The first-order chi connectivity index (χ1) is 9.96. The minimum absolute atomic E-state index is 0.00565. The van der Waals surface area contributed by atoms with E-state index in [1.807, 2.05) is 0 Å². The van der Waals surface area contributed by atoms with Crippen LogP contribution in [0.15, 0.2) is 23.1 Å². The fourth-order valence-electron chi connectivity index (χ4n) is 1.78. The van der Waals surface area contributed by atoms with Crippen LogP contribution in [-0.4, -0.2) is 54.2 Å². The van der Waals surface area contributed by atoms with Crippen molar-refractivity contribution in [2.75, 3.05) is 26.8 Å². The highest BCUT2D eigenvalue weighted by Crippen LogP contribution is 2.24. The third-order valence-electron chi connectivity index (χ3n) is 2.74. The zero-order chi connectivity index (χ0) is 15.5. The van der Waals surface area contributed by atoms with Crippen LogP contribution < -0.4 is 5.73 Å². The topological polar surface area (TPSA) is 115 Å². The number of fused-ring (bicyclic) bond motifs is 1. The van der Waals surface area contributed by atoms with E-state index in [1.165, 1.54) is 13.2 Å². The van der Waals surface area contributed by atoms with Crippen molar-refractivity contribution in [1.82, 2.24) is 13.1 Å². The van der Waals surface area contributed by atoms with Crippen molar-refractivity contribution in [1.29, 1.82) is 0 Å². The van der Waals surface area contributed by atoms with Crippen molar-refractivity contribution in [3.05, 3.63) is 18.2 Å². The Kier molecular flexibility index (Phi) is 4.83. The normalized spacial score (nSPS) is 12.1. The maximum Gasteiger partial charge on any atom is 0.245 e. The quantitative estimate of drug-likeness (QED) is 0.752. The molecule has 0 saturated heterocycles. The van der Waals surface area contributed by atoms with Gasteiger partial charge in [-0.3, -0.25) is 4.79 Å². The van der Waals surface area contributed by atoms with Gasteiger partial charge in [-0.1, -0.05) is 6.07 Å². The van der Waals surface area contributed by atoms with Gasteiger partial charge in [-0.15, -0.1) is 0 Å². The first-order valence-corrected chi connectivity index (χ1v) is 8.12. The SMILES string of the molecule is COCCN(CC(N)=O)S(=O)(=O)c1cccc2nsnc12. The summed E-state index contributed by atoms with van der Waals surface area (Å²) in [4.78, 5) is 11.1. The van der Waals surface area contributed by atoms with E-state index in [0.717, 1.165) is 16.0 Å². The van der Waals surface area contributed by atoms with Crippen LogP contribution in [0, 0.1) is 0 Å². The van der Waals surface area contributed by atoms with Crippen LogP contribution in [0.5, 0.6) is 0 Å². The molecular weight excluding hydrogens is 316 g/mol. The molecule has 0 unspecified atom stereocenters. The number of aromatic nitrogens is 2. The maximum absolute atomic E-state index is 12.7. The maximum atomic E-state index is 12.7. The highest BCUT2D eigenvalue weighted by molar-refractivity contribution is 7.89. The number of methoxy groups -OCH3 is 1. The Morgan fingerprint density at radius 2 is 2.19 bits per heavy atom. The number of amides is 1. The Balaban J connectivity index is 2.46. The molecule has 1 heterocycles. The zero-order valence-electron chi connectivity index (χ0n) is 11.2. The summed E-state index contributed by atoms with van der Waals surface area (Å²) in [5, 5.41) is 0. The average Bonchev–Trinajstić information content (AvgIpc) is 2.90. The van der Waals surface area contributed by atoms with Crippen molar-refractivity contribution < 1.29 is 17.9 Å². The molecule has 114 valence electrons. The van der Waals surface area contributed by atoms with Crippen LogP contribution in [0.1, 0.15) is 0 Å². The number of primary amides is 1. The monoisotopic (exact) mass is 330 g/mol. The van der Waals surface area contributed by atoms with Crippen molar-refractivity contribution in [2.45, 2.75) is 4.90 Å². The largest absolute Gasteiger partial charge is 0.383 e. The van der Waals surface area contributed by atoms with E-state index in [9.17, 15) is 13.2 Å². The first kappa shape index (κ1) is 15.8. The van der Waals surface area contributed by atoms with Gasteiger partial charge in [0.15, 0.2) is 0 Å². The summed E-state index contributed by atoms with van der Waals surface area (Å²) in [5.74, 6) is -0.738. The lowest BCUT2D eigenvalue weighted by Crippen LogP contribution is -2.40. The van der Waals surface area contributed by atoms with Crippen LogP contribution in [0.4, 0.5) is 0 Å². The molecule has 0 atom stereocenters. The van der Waals surface area contributed by atoms with Crippen molar-refractivity contribution in [3.8, 4) is 0 Å². The van der Waals surface area contributed by atoms with Crippen molar-refractivity contribution >= 4 is 38.7 Å². The van der Waals surface area contributed by atoms with Crippen LogP contribution in [0.2, 0.25) is 0 Å². The molecule has 2 N–H and O–H groups in total. The summed E-state index contributed by atoms with van der Waals surface area (Å²) in [6, 6.07) is 4.68. The van der Waals surface area contributed by atoms with Crippen LogP contribution in [-0.2, 0) is 19.6 Å². The summed E-state index contributed by atoms with van der Waals surface area (Å²) in [6.45, 7) is -0.243. The average molecular weight is 330 g/mol. The third kappa shape index (κ3) is 3.35. The molecule has 0 fully saturated rings. The first-order valence-electron chi connectivity index (χ1n) is 5.95. The Labute approximate surface area is 125 Å². The van der Waals surface area contributed by atoms with E-state index in [1.54, 1.807) is 12.1 Å². The van der Waals surface area contributed by atoms with Crippen LogP contribution in [0.25, 0.3) is 11.0 Å². The van der Waals surface area contributed by atoms with Gasteiger partial charge in [0, 0.05) is 13.7 Å². The smallest absolute Gasteiger partial charge is 0.245 e. The molecule has 1 aromatic carbocycles. The molecule has 0 spiro atoms. The van der Waals surface area contributed by atoms with Gasteiger partial charge in [0.25, 0.3) is 0 Å². The van der Waals surface area contributed by atoms with E-state index >= 15 is 0 Å². The number of carbonyl (C=O) groups excluding carboxylic acids is 1. The van der Waals surface area contributed by atoms with Gasteiger partial charge in [-0.2, -0.15) is 13.1 Å². The summed E-state index contributed by atoms with van der Waals surface area (Å²) in [6.07, 6.45) is 0. The number of sulfonamides is 1. The van der Waals surface area contributed by atoms with Crippen molar-refractivity contribution in [2.24, 2.45) is 5.73 Å². The molecule has 1 aromatic heterocycles. The Bertz CT molecular complexity index is 744. The minimum atomic E-state index is -3.91. The lowest BCUT2D eigenvalue weighted by molar-refractivity contribution is -0.118. The molecule has 21 heavy (non-hydrogen) atoms. The molecule has 0 aliphatic carbocycles. The number of hydrogen-bond donors (Lipinski definition) is 1. The lowest BCUT2D eigenvalue weighted by atomic mass is 10.3. The Morgan fingerprint density at radius 1 is 1.43 bits per heavy atom. The molecule has 0 aliphatic heterocycles. The molecule has 1 amide bonds. The molecule has 0 saturated carbocycles. The second-order valence-corrected chi connectivity index (χ2v) is 6.62. The van der Waals surface area contributed by atoms with Crippen LogP contribution in [0.3, 0.4) is 0 Å². The number of carbonyl (C=O) groups is 1. The van der Waals surface area contributed by atoms with Gasteiger partial charge in [0.2, 0.25) is 15.9 Å². The molecule has 0 aliphatic rings.